The zero-order chi connectivity index (χ0) is 8.91. The van der Waals surface area contributed by atoms with Crippen LogP contribution in [0, 0.1) is 0 Å². The Balaban J connectivity index is 4.13. The highest BCUT2D eigenvalue weighted by Crippen LogP contribution is 2.19. The largest absolute Gasteiger partial charge is 0.381 e. The highest BCUT2D eigenvalue weighted by molar-refractivity contribution is 7.96. The van der Waals surface area contributed by atoms with E-state index in [1.807, 2.05) is 0 Å². The molecule has 1 N–H and O–H groups in total. The number of hydrogen-bond acceptors (Lipinski definition) is 4. The molecular formula is C6H12O2S3. The molecule has 5 heteroatoms. The van der Waals surface area contributed by atoms with E-state index in [0.717, 1.165) is 0 Å². The summed E-state index contributed by atoms with van der Waals surface area (Å²) in [6, 6.07) is 0. The van der Waals surface area contributed by atoms with E-state index >= 15 is 0 Å². The van der Waals surface area contributed by atoms with E-state index in [1.165, 1.54) is 0 Å². The summed E-state index contributed by atoms with van der Waals surface area (Å²) in [6.45, 7) is 0. The van der Waals surface area contributed by atoms with Gasteiger partial charge >= 0.3 is 0 Å². The van der Waals surface area contributed by atoms with Crippen molar-refractivity contribution in [3.63, 3.8) is 0 Å². The third-order valence-corrected chi connectivity index (χ3v) is 2.31. The first-order valence-electron chi connectivity index (χ1n) is 3.24. The fraction of sp³-hybridized carbons (Fsp3) is 0.833. The highest BCUT2D eigenvalue weighted by Gasteiger charge is 2.31. The average Bonchev–Trinajstić information content (AvgIpc) is 1.88. The monoisotopic (exact) mass is 212 g/mol. The lowest BCUT2D eigenvalue weighted by Crippen LogP contribution is -2.36. The molecule has 0 spiro atoms. The van der Waals surface area contributed by atoms with Crippen LogP contribution in [0.3, 0.4) is 0 Å². The van der Waals surface area contributed by atoms with Crippen molar-refractivity contribution in [3.8, 4) is 0 Å². The van der Waals surface area contributed by atoms with Gasteiger partial charge in [-0.3, -0.25) is 4.79 Å². The van der Waals surface area contributed by atoms with Crippen molar-refractivity contribution < 1.29 is 9.90 Å². The molecule has 0 unspecified atom stereocenters. The molecule has 0 aliphatic rings. The van der Waals surface area contributed by atoms with Gasteiger partial charge in [0.25, 0.3) is 0 Å². The minimum atomic E-state index is -1.33. The molecule has 0 amide bonds. The number of hydrogen-bond donors (Lipinski definition) is 4. The molecule has 0 atom stereocenters. The minimum Gasteiger partial charge on any atom is -0.381 e. The molecule has 11 heavy (non-hydrogen) atoms. The van der Waals surface area contributed by atoms with Crippen LogP contribution in [0.25, 0.3) is 0 Å². The van der Waals surface area contributed by atoms with Crippen LogP contribution >= 0.6 is 37.9 Å². The predicted octanol–water partition coefficient (Wildman–Crippen LogP) is 0.814. The SMILES string of the molecule is O=C(S)C(O)(CCS)CCS. The van der Waals surface area contributed by atoms with Crippen LogP contribution in [-0.4, -0.2) is 27.3 Å². The molecule has 0 aliphatic carbocycles. The van der Waals surface area contributed by atoms with E-state index < -0.39 is 10.7 Å². The van der Waals surface area contributed by atoms with E-state index in [-0.39, 0.29) is 0 Å². The van der Waals surface area contributed by atoms with Crippen molar-refractivity contribution >= 4 is 43.0 Å². The maximum Gasteiger partial charge on any atom is 0.217 e. The molecule has 0 bridgehead atoms. The van der Waals surface area contributed by atoms with Crippen LogP contribution in [0.4, 0.5) is 0 Å². The lowest BCUT2D eigenvalue weighted by atomic mass is 9.99. The Labute approximate surface area is 83.0 Å². The van der Waals surface area contributed by atoms with E-state index in [2.05, 4.69) is 37.9 Å². The van der Waals surface area contributed by atoms with Crippen molar-refractivity contribution in [2.24, 2.45) is 0 Å². The maximum atomic E-state index is 10.8. The van der Waals surface area contributed by atoms with Crippen molar-refractivity contribution in [2.75, 3.05) is 11.5 Å². The fourth-order valence-electron chi connectivity index (χ4n) is 0.709. The van der Waals surface area contributed by atoms with Crippen molar-refractivity contribution in [1.29, 1.82) is 0 Å². The zero-order valence-corrected chi connectivity index (χ0v) is 8.71. The standard InChI is InChI=1S/C6H12O2S3/c7-5(11)6(8,1-3-9)2-4-10/h8-10H,1-4H2,(H,7,11). The van der Waals surface area contributed by atoms with Crippen LogP contribution in [0.5, 0.6) is 0 Å². The van der Waals surface area contributed by atoms with Gasteiger partial charge in [-0.2, -0.15) is 25.3 Å². The van der Waals surface area contributed by atoms with Gasteiger partial charge in [-0.25, -0.2) is 0 Å². The first-order chi connectivity index (χ1) is 5.06. The van der Waals surface area contributed by atoms with Crippen LogP contribution < -0.4 is 0 Å². The van der Waals surface area contributed by atoms with Gasteiger partial charge in [-0.15, -0.1) is 12.6 Å². The summed E-state index contributed by atoms with van der Waals surface area (Å²) >= 11 is 11.5. The smallest absolute Gasteiger partial charge is 0.217 e. The predicted molar refractivity (Wildman–Crippen MR) is 55.9 cm³/mol. The van der Waals surface area contributed by atoms with Crippen LogP contribution in [-0.2, 0) is 4.79 Å². The van der Waals surface area contributed by atoms with Crippen LogP contribution in [0.1, 0.15) is 12.8 Å². The van der Waals surface area contributed by atoms with E-state index in [1.54, 1.807) is 0 Å². The summed E-state index contributed by atoms with van der Waals surface area (Å²) < 4.78 is 0. The number of aliphatic hydroxyl groups is 1. The first-order valence-corrected chi connectivity index (χ1v) is 4.95. The normalized spacial score (nSPS) is 11.6. The minimum absolute atomic E-state index is 0.332. The van der Waals surface area contributed by atoms with Gasteiger partial charge < -0.3 is 5.11 Å². The van der Waals surface area contributed by atoms with Crippen LogP contribution in [0.2, 0.25) is 0 Å². The number of carbonyl (C=O) groups excluding carboxylic acids is 1. The summed E-state index contributed by atoms with van der Waals surface area (Å²) in [6.07, 6.45) is 0.665. The third kappa shape index (κ3) is 3.73. The Morgan fingerprint density at radius 3 is 1.82 bits per heavy atom. The molecule has 0 heterocycles. The van der Waals surface area contributed by atoms with Crippen molar-refractivity contribution in [2.45, 2.75) is 18.4 Å². The second-order valence-corrected chi connectivity index (χ2v) is 3.58. The number of rotatable bonds is 5. The van der Waals surface area contributed by atoms with Gasteiger partial charge in [0.05, 0.1) is 0 Å². The van der Waals surface area contributed by atoms with Crippen molar-refractivity contribution in [1.82, 2.24) is 0 Å². The molecule has 0 fully saturated rings. The average molecular weight is 212 g/mol. The Hall–Kier alpha value is 0.680. The van der Waals surface area contributed by atoms with Crippen molar-refractivity contribution in [3.05, 3.63) is 0 Å². The third-order valence-electron chi connectivity index (χ3n) is 1.45. The van der Waals surface area contributed by atoms with Gasteiger partial charge in [0.15, 0.2) is 0 Å². The lowest BCUT2D eigenvalue weighted by Gasteiger charge is -2.22. The number of thiol groups is 3. The molecule has 2 nitrogen and oxygen atoms in total. The molecule has 0 saturated carbocycles. The molecule has 0 saturated heterocycles. The van der Waals surface area contributed by atoms with E-state index in [4.69, 9.17) is 0 Å². The topological polar surface area (TPSA) is 37.3 Å². The Bertz CT molecular complexity index is 132. The lowest BCUT2D eigenvalue weighted by molar-refractivity contribution is -0.127. The van der Waals surface area contributed by atoms with Gasteiger partial charge in [0.1, 0.15) is 5.60 Å². The fourth-order valence-corrected chi connectivity index (χ4v) is 1.67. The summed E-state index contributed by atoms with van der Waals surface area (Å²) in [5.74, 6) is 0.938. The zero-order valence-electron chi connectivity index (χ0n) is 6.03. The highest BCUT2D eigenvalue weighted by atomic mass is 32.1. The summed E-state index contributed by atoms with van der Waals surface area (Å²) in [5.41, 5.74) is -1.33. The summed E-state index contributed by atoms with van der Waals surface area (Å²) in [7, 11) is 0. The molecule has 0 aromatic rings. The van der Waals surface area contributed by atoms with E-state index in [9.17, 15) is 9.90 Å². The molecule has 0 rings (SSSR count). The van der Waals surface area contributed by atoms with Gasteiger partial charge in [0, 0.05) is 0 Å². The molecule has 0 aromatic heterocycles. The second-order valence-electron chi connectivity index (χ2n) is 2.28. The molecular weight excluding hydrogens is 200 g/mol. The Morgan fingerprint density at radius 1 is 1.27 bits per heavy atom. The molecule has 0 aliphatic heterocycles. The molecule has 0 radical (unpaired) electrons. The quantitative estimate of drug-likeness (QED) is 0.509. The van der Waals surface area contributed by atoms with Gasteiger partial charge in [-0.1, -0.05) is 0 Å². The first kappa shape index (κ1) is 11.7. The van der Waals surface area contributed by atoms with Gasteiger partial charge in [0.2, 0.25) is 5.12 Å². The Morgan fingerprint density at radius 2 is 1.64 bits per heavy atom. The Kier molecular flexibility index (Phi) is 5.68. The van der Waals surface area contributed by atoms with Gasteiger partial charge in [-0.05, 0) is 24.3 Å². The van der Waals surface area contributed by atoms with E-state index in [0.29, 0.717) is 24.3 Å². The summed E-state index contributed by atoms with van der Waals surface area (Å²) in [4.78, 5) is 10.8. The molecule has 0 aromatic carbocycles. The number of carbonyl (C=O) groups is 1. The molecule has 66 valence electrons. The second kappa shape index (κ2) is 5.35. The summed E-state index contributed by atoms with van der Waals surface area (Å²) in [5, 5.41) is 9.07. The maximum absolute atomic E-state index is 10.8. The van der Waals surface area contributed by atoms with Crippen LogP contribution in [0.15, 0.2) is 0 Å².